The van der Waals surface area contributed by atoms with Crippen LogP contribution in [0, 0.1) is 5.82 Å². The molecule has 2 N–H and O–H groups in total. The lowest BCUT2D eigenvalue weighted by atomic mass is 9.94. The van der Waals surface area contributed by atoms with Crippen LogP contribution in [0.4, 0.5) is 10.1 Å². The zero-order valence-electron chi connectivity index (χ0n) is 20.6. The Hall–Kier alpha value is -3.46. The largest absolute Gasteiger partial charge is 0.490 e. The average molecular weight is 498 g/mol. The van der Waals surface area contributed by atoms with E-state index in [1.165, 1.54) is 12.1 Å². The smallest absolute Gasteiger partial charge is 0.257 e. The van der Waals surface area contributed by atoms with Crippen molar-refractivity contribution in [2.75, 3.05) is 19.0 Å². The van der Waals surface area contributed by atoms with Crippen LogP contribution < -0.4 is 15.4 Å². The number of rotatable bonds is 7. The SMILES string of the molecule is CCCC(=O)Nc1ccc2c(c1)C(=O)N(C)[C@H]1CC[C@H](CC(=O)NCc3cccc(F)c3)O[C@H]1CO2. The summed E-state index contributed by atoms with van der Waals surface area (Å²) < 4.78 is 25.5. The summed E-state index contributed by atoms with van der Waals surface area (Å²) in [7, 11) is 1.74. The third-order valence-corrected chi connectivity index (χ3v) is 6.56. The van der Waals surface area contributed by atoms with Crippen molar-refractivity contribution in [3.05, 3.63) is 59.4 Å². The topological polar surface area (TPSA) is 97.0 Å². The van der Waals surface area contributed by atoms with Crippen molar-refractivity contribution in [1.82, 2.24) is 10.2 Å². The van der Waals surface area contributed by atoms with Gasteiger partial charge in [0.05, 0.1) is 24.1 Å². The molecule has 0 radical (unpaired) electrons. The highest BCUT2D eigenvalue weighted by Crippen LogP contribution is 2.32. The standard InChI is InChI=1S/C27H32FN3O5/c1-3-5-25(32)30-19-8-11-23-21(13-19)27(34)31(2)22-10-9-20(36-24(22)16-35-23)14-26(33)29-15-17-6-4-7-18(28)12-17/h4,6-8,11-13,20,22,24H,3,5,9-10,14-16H2,1-2H3,(H,29,33)(H,30,32)/t20-,22+,24+/m1/s1. The molecule has 8 nitrogen and oxygen atoms in total. The van der Waals surface area contributed by atoms with Crippen LogP contribution in [0.3, 0.4) is 0 Å². The normalized spacial score (nSPS) is 21.4. The lowest BCUT2D eigenvalue weighted by molar-refractivity contribution is -0.134. The van der Waals surface area contributed by atoms with Crippen LogP contribution >= 0.6 is 0 Å². The molecule has 0 saturated carbocycles. The molecule has 1 fully saturated rings. The number of carbonyl (C=O) groups is 3. The Morgan fingerprint density at radius 3 is 2.75 bits per heavy atom. The van der Waals surface area contributed by atoms with Gasteiger partial charge in [0.25, 0.3) is 5.91 Å². The van der Waals surface area contributed by atoms with Crippen LogP contribution in [-0.4, -0.2) is 54.5 Å². The van der Waals surface area contributed by atoms with Crippen molar-refractivity contribution in [3.63, 3.8) is 0 Å². The van der Waals surface area contributed by atoms with Gasteiger partial charge in [0.2, 0.25) is 11.8 Å². The minimum atomic E-state index is -0.384. The van der Waals surface area contributed by atoms with Crippen molar-refractivity contribution in [2.45, 2.75) is 63.8 Å². The Morgan fingerprint density at radius 2 is 1.97 bits per heavy atom. The van der Waals surface area contributed by atoms with E-state index in [0.29, 0.717) is 41.8 Å². The van der Waals surface area contributed by atoms with E-state index in [1.807, 2.05) is 6.92 Å². The van der Waals surface area contributed by atoms with E-state index in [-0.39, 0.29) is 61.4 Å². The second-order valence-electron chi connectivity index (χ2n) is 9.29. The number of halogens is 1. The summed E-state index contributed by atoms with van der Waals surface area (Å²) in [4.78, 5) is 39.4. The van der Waals surface area contributed by atoms with Crippen LogP contribution in [0.1, 0.15) is 54.9 Å². The maximum absolute atomic E-state index is 13.3. The van der Waals surface area contributed by atoms with Crippen molar-refractivity contribution in [2.24, 2.45) is 0 Å². The Balaban J connectivity index is 1.37. The van der Waals surface area contributed by atoms with E-state index in [9.17, 15) is 18.8 Å². The van der Waals surface area contributed by atoms with Gasteiger partial charge in [0.15, 0.2) is 0 Å². The first-order chi connectivity index (χ1) is 17.3. The molecule has 2 aromatic rings. The molecular weight excluding hydrogens is 465 g/mol. The van der Waals surface area contributed by atoms with Crippen LogP contribution in [-0.2, 0) is 20.9 Å². The number of carbonyl (C=O) groups excluding carboxylic acids is 3. The predicted molar refractivity (Wildman–Crippen MR) is 132 cm³/mol. The summed E-state index contributed by atoms with van der Waals surface area (Å²) in [5.74, 6) is -0.400. The first-order valence-electron chi connectivity index (χ1n) is 12.3. The summed E-state index contributed by atoms with van der Waals surface area (Å²) in [6.45, 7) is 2.41. The van der Waals surface area contributed by atoms with Gasteiger partial charge >= 0.3 is 0 Å². The Labute approximate surface area is 210 Å². The van der Waals surface area contributed by atoms with Gasteiger partial charge in [0, 0.05) is 25.7 Å². The highest BCUT2D eigenvalue weighted by Gasteiger charge is 2.39. The molecule has 3 atom stereocenters. The number of ether oxygens (including phenoxy) is 2. The first-order valence-corrected chi connectivity index (χ1v) is 12.3. The lowest BCUT2D eigenvalue weighted by Gasteiger charge is -2.42. The van der Waals surface area contributed by atoms with E-state index in [1.54, 1.807) is 42.3 Å². The zero-order chi connectivity index (χ0) is 25.7. The van der Waals surface area contributed by atoms with Gasteiger partial charge in [-0.3, -0.25) is 14.4 Å². The fourth-order valence-corrected chi connectivity index (χ4v) is 4.68. The quantitative estimate of drug-likeness (QED) is 0.609. The average Bonchev–Trinajstić information content (AvgIpc) is 2.85. The molecule has 0 aromatic heterocycles. The lowest BCUT2D eigenvalue weighted by Crippen LogP contribution is -2.53. The summed E-state index contributed by atoms with van der Waals surface area (Å²) >= 11 is 0. The van der Waals surface area contributed by atoms with E-state index in [2.05, 4.69) is 10.6 Å². The maximum Gasteiger partial charge on any atom is 0.257 e. The molecule has 2 aliphatic rings. The molecule has 2 heterocycles. The van der Waals surface area contributed by atoms with Crippen molar-refractivity contribution >= 4 is 23.4 Å². The molecule has 36 heavy (non-hydrogen) atoms. The summed E-state index contributed by atoms with van der Waals surface area (Å²) in [6, 6.07) is 11.0. The number of amides is 3. The fraction of sp³-hybridized carbons (Fsp3) is 0.444. The number of hydrogen-bond acceptors (Lipinski definition) is 5. The summed E-state index contributed by atoms with van der Waals surface area (Å²) in [5, 5.41) is 5.63. The molecule has 192 valence electrons. The highest BCUT2D eigenvalue weighted by molar-refractivity contribution is 5.99. The fourth-order valence-electron chi connectivity index (χ4n) is 4.68. The molecule has 0 bridgehead atoms. The molecule has 4 rings (SSSR count). The van der Waals surface area contributed by atoms with E-state index < -0.39 is 0 Å². The number of benzene rings is 2. The Morgan fingerprint density at radius 1 is 1.14 bits per heavy atom. The Bertz CT molecular complexity index is 1120. The predicted octanol–water partition coefficient (Wildman–Crippen LogP) is 3.65. The number of hydrogen-bond donors (Lipinski definition) is 2. The minimum absolute atomic E-state index is 0.100. The van der Waals surface area contributed by atoms with Gasteiger partial charge in [-0.2, -0.15) is 0 Å². The second kappa shape index (κ2) is 11.5. The molecule has 2 aliphatic heterocycles. The van der Waals surface area contributed by atoms with Crippen molar-refractivity contribution in [3.8, 4) is 5.75 Å². The van der Waals surface area contributed by atoms with Gasteiger partial charge in [-0.05, 0) is 55.2 Å². The third-order valence-electron chi connectivity index (χ3n) is 6.56. The second-order valence-corrected chi connectivity index (χ2v) is 9.29. The van der Waals surface area contributed by atoms with Crippen LogP contribution in [0.25, 0.3) is 0 Å². The van der Waals surface area contributed by atoms with Crippen LogP contribution in [0.15, 0.2) is 42.5 Å². The number of fused-ring (bicyclic) bond motifs is 2. The summed E-state index contributed by atoms with van der Waals surface area (Å²) in [5.41, 5.74) is 1.64. The summed E-state index contributed by atoms with van der Waals surface area (Å²) in [6.07, 6.45) is 1.92. The minimum Gasteiger partial charge on any atom is -0.490 e. The monoisotopic (exact) mass is 497 g/mol. The van der Waals surface area contributed by atoms with E-state index >= 15 is 0 Å². The molecule has 3 amide bonds. The number of anilines is 1. The van der Waals surface area contributed by atoms with E-state index in [4.69, 9.17) is 9.47 Å². The van der Waals surface area contributed by atoms with Crippen molar-refractivity contribution in [1.29, 1.82) is 0 Å². The van der Waals surface area contributed by atoms with Crippen LogP contribution in [0.2, 0.25) is 0 Å². The zero-order valence-corrected chi connectivity index (χ0v) is 20.6. The molecule has 0 spiro atoms. The van der Waals surface area contributed by atoms with Gasteiger partial charge in [-0.15, -0.1) is 0 Å². The molecular formula is C27H32FN3O5. The Kier molecular flexibility index (Phi) is 8.20. The maximum atomic E-state index is 13.3. The molecule has 2 aromatic carbocycles. The van der Waals surface area contributed by atoms with Gasteiger partial charge in [0.1, 0.15) is 24.3 Å². The molecule has 9 heteroatoms. The van der Waals surface area contributed by atoms with Crippen LogP contribution in [0.5, 0.6) is 5.75 Å². The van der Waals surface area contributed by atoms with Gasteiger partial charge in [-0.1, -0.05) is 19.1 Å². The molecule has 0 aliphatic carbocycles. The first kappa shape index (κ1) is 25.6. The molecule has 0 unspecified atom stereocenters. The number of nitrogens with one attached hydrogen (secondary N) is 2. The van der Waals surface area contributed by atoms with Crippen molar-refractivity contribution < 1.29 is 28.2 Å². The number of nitrogens with zero attached hydrogens (tertiary/aromatic N) is 1. The number of likely N-dealkylation sites (N-methyl/N-ethyl adjacent to an activating group) is 1. The van der Waals surface area contributed by atoms with Gasteiger partial charge in [-0.25, -0.2) is 4.39 Å². The molecule has 1 saturated heterocycles. The third kappa shape index (κ3) is 6.20. The highest BCUT2D eigenvalue weighted by atomic mass is 19.1. The van der Waals surface area contributed by atoms with Gasteiger partial charge < -0.3 is 25.0 Å². The van der Waals surface area contributed by atoms with E-state index in [0.717, 1.165) is 6.42 Å².